The molecule has 0 heterocycles. The van der Waals surface area contributed by atoms with Gasteiger partial charge >= 0.3 is 5.97 Å². The highest BCUT2D eigenvalue weighted by molar-refractivity contribution is 5.91. The molecule has 2 N–H and O–H groups in total. The van der Waals surface area contributed by atoms with Gasteiger partial charge in [-0.25, -0.2) is 4.79 Å². The third kappa shape index (κ3) is 2.99. The van der Waals surface area contributed by atoms with Crippen molar-refractivity contribution in [2.45, 2.75) is 26.2 Å². The van der Waals surface area contributed by atoms with Crippen LogP contribution < -0.4 is 0 Å². The van der Waals surface area contributed by atoms with Crippen LogP contribution in [0.1, 0.15) is 36.7 Å². The van der Waals surface area contributed by atoms with Crippen LogP contribution in [0.3, 0.4) is 0 Å². The molecule has 1 aromatic rings. The largest absolute Gasteiger partial charge is 0.507 e. The summed E-state index contributed by atoms with van der Waals surface area (Å²) < 4.78 is 0. The molecule has 0 unspecified atom stereocenters. The van der Waals surface area contributed by atoms with E-state index in [0.29, 0.717) is 5.56 Å². The van der Waals surface area contributed by atoms with E-state index in [0.717, 1.165) is 0 Å². The SMILES string of the molecule is CC(C)(C)c1cccc(C(=O)O)c1O.[AlH3]. The van der Waals surface area contributed by atoms with Crippen molar-refractivity contribution in [2.24, 2.45) is 0 Å². The van der Waals surface area contributed by atoms with Crippen LogP contribution in [0.4, 0.5) is 0 Å². The second kappa shape index (κ2) is 4.70. The first-order valence-electron chi connectivity index (χ1n) is 4.40. The van der Waals surface area contributed by atoms with Crippen molar-refractivity contribution in [3.8, 4) is 5.75 Å². The van der Waals surface area contributed by atoms with E-state index in [9.17, 15) is 9.90 Å². The molecule has 1 aromatic carbocycles. The molecule has 3 nitrogen and oxygen atoms in total. The molecule has 0 aliphatic rings. The predicted molar refractivity (Wildman–Crippen MR) is 63.7 cm³/mol. The molecule has 0 aliphatic heterocycles. The van der Waals surface area contributed by atoms with Gasteiger partial charge in [-0.3, -0.25) is 0 Å². The van der Waals surface area contributed by atoms with Gasteiger partial charge in [0.1, 0.15) is 11.3 Å². The molecular formula is C11H17AlO3. The van der Waals surface area contributed by atoms with Crippen LogP contribution in [0.15, 0.2) is 18.2 Å². The van der Waals surface area contributed by atoms with Crippen LogP contribution in [-0.4, -0.2) is 33.5 Å². The second-order valence-electron chi connectivity index (χ2n) is 4.26. The van der Waals surface area contributed by atoms with Gasteiger partial charge < -0.3 is 10.2 Å². The zero-order valence-electron chi connectivity index (χ0n) is 8.53. The summed E-state index contributed by atoms with van der Waals surface area (Å²) >= 11 is 0. The molecule has 82 valence electrons. The van der Waals surface area contributed by atoms with Crippen LogP contribution in [0.25, 0.3) is 0 Å². The fourth-order valence-electron chi connectivity index (χ4n) is 1.32. The lowest BCUT2D eigenvalue weighted by atomic mass is 9.85. The van der Waals surface area contributed by atoms with E-state index in [1.807, 2.05) is 20.8 Å². The van der Waals surface area contributed by atoms with Gasteiger partial charge in [-0.05, 0) is 11.5 Å². The Morgan fingerprint density at radius 2 is 1.80 bits per heavy atom. The number of carbonyl (C=O) groups is 1. The van der Waals surface area contributed by atoms with Crippen molar-refractivity contribution in [2.75, 3.05) is 0 Å². The summed E-state index contributed by atoms with van der Waals surface area (Å²) in [6.45, 7) is 5.77. The highest BCUT2D eigenvalue weighted by Gasteiger charge is 2.21. The molecule has 0 aromatic heterocycles. The van der Waals surface area contributed by atoms with Crippen molar-refractivity contribution in [3.05, 3.63) is 29.3 Å². The van der Waals surface area contributed by atoms with Crippen molar-refractivity contribution in [1.29, 1.82) is 0 Å². The first kappa shape index (κ1) is 14.0. The van der Waals surface area contributed by atoms with E-state index in [1.54, 1.807) is 12.1 Å². The smallest absolute Gasteiger partial charge is 0.339 e. The number of aromatic carboxylic acids is 1. The highest BCUT2D eigenvalue weighted by Crippen LogP contribution is 2.32. The molecule has 4 heteroatoms. The van der Waals surface area contributed by atoms with Gasteiger partial charge in [-0.1, -0.05) is 32.9 Å². The summed E-state index contributed by atoms with van der Waals surface area (Å²) in [5.74, 6) is -1.24. The maximum absolute atomic E-state index is 10.7. The number of phenols is 1. The van der Waals surface area contributed by atoms with Crippen molar-refractivity contribution in [3.63, 3.8) is 0 Å². The summed E-state index contributed by atoms with van der Waals surface area (Å²) in [6.07, 6.45) is 0. The maximum atomic E-state index is 10.7. The molecule has 1 rings (SSSR count). The Morgan fingerprint density at radius 1 is 1.27 bits per heavy atom. The third-order valence-corrected chi connectivity index (χ3v) is 2.07. The van der Waals surface area contributed by atoms with E-state index in [2.05, 4.69) is 0 Å². The van der Waals surface area contributed by atoms with Gasteiger partial charge in [0.15, 0.2) is 17.4 Å². The van der Waals surface area contributed by atoms with Crippen LogP contribution in [0.2, 0.25) is 0 Å². The number of aromatic hydroxyl groups is 1. The van der Waals surface area contributed by atoms with Gasteiger partial charge in [0, 0.05) is 5.56 Å². The van der Waals surface area contributed by atoms with Crippen molar-refractivity contribution in [1.82, 2.24) is 0 Å². The van der Waals surface area contributed by atoms with Gasteiger partial charge in [0.05, 0.1) is 0 Å². The first-order chi connectivity index (χ1) is 6.34. The maximum Gasteiger partial charge on any atom is 0.339 e. The number of hydrogen-bond acceptors (Lipinski definition) is 2. The topological polar surface area (TPSA) is 57.5 Å². The lowest BCUT2D eigenvalue weighted by molar-refractivity contribution is 0.0693. The fraction of sp³-hybridized carbons (Fsp3) is 0.364. The Hall–Kier alpha value is -0.978. The number of carboxylic acid groups (broad SMARTS) is 1. The van der Waals surface area contributed by atoms with Crippen LogP contribution in [-0.2, 0) is 5.41 Å². The molecule has 0 saturated heterocycles. The Bertz CT molecular complexity index is 367. The Kier molecular flexibility index (Phi) is 4.39. The van der Waals surface area contributed by atoms with E-state index < -0.39 is 5.97 Å². The number of rotatable bonds is 1. The summed E-state index contributed by atoms with van der Waals surface area (Å²) in [7, 11) is 0. The Balaban J connectivity index is 0.00000196. The normalized spacial score (nSPS) is 10.6. The number of carboxylic acids is 1. The predicted octanol–water partition coefficient (Wildman–Crippen LogP) is 1.20. The van der Waals surface area contributed by atoms with Gasteiger partial charge in [-0.2, -0.15) is 0 Å². The van der Waals surface area contributed by atoms with E-state index in [4.69, 9.17) is 5.11 Å². The average Bonchev–Trinajstić information content (AvgIpc) is 2.01. The molecule has 0 atom stereocenters. The van der Waals surface area contributed by atoms with Crippen molar-refractivity contribution < 1.29 is 15.0 Å². The molecular weight excluding hydrogens is 207 g/mol. The monoisotopic (exact) mass is 224 g/mol. The van der Waals surface area contributed by atoms with Crippen LogP contribution in [0, 0.1) is 0 Å². The zero-order valence-corrected chi connectivity index (χ0v) is 8.53. The van der Waals surface area contributed by atoms with Gasteiger partial charge in [0.2, 0.25) is 0 Å². The standard InChI is InChI=1S/C11H14O3.Al.3H/c1-11(2,3)8-6-4-5-7(9(8)12)10(13)14;;;;/h4-6,12H,1-3H3,(H,13,14);;;;. The second-order valence-corrected chi connectivity index (χ2v) is 4.26. The molecule has 0 aliphatic carbocycles. The number of hydrogen-bond donors (Lipinski definition) is 2. The van der Waals surface area contributed by atoms with Gasteiger partial charge in [-0.15, -0.1) is 0 Å². The Labute approximate surface area is 99.9 Å². The molecule has 15 heavy (non-hydrogen) atoms. The molecule has 0 bridgehead atoms. The van der Waals surface area contributed by atoms with E-state index >= 15 is 0 Å². The molecule has 0 fully saturated rings. The van der Waals surface area contributed by atoms with Crippen molar-refractivity contribution >= 4 is 23.3 Å². The minimum Gasteiger partial charge on any atom is -0.507 e. The molecule has 0 radical (unpaired) electrons. The number of para-hydroxylation sites is 1. The van der Waals surface area contributed by atoms with E-state index in [-0.39, 0.29) is 34.1 Å². The minimum absolute atomic E-state index is 0. The molecule has 0 spiro atoms. The zero-order chi connectivity index (χ0) is 10.9. The summed E-state index contributed by atoms with van der Waals surface area (Å²) in [4.78, 5) is 10.7. The summed E-state index contributed by atoms with van der Waals surface area (Å²) in [6, 6.07) is 4.78. The lowest BCUT2D eigenvalue weighted by Crippen LogP contribution is -2.12. The molecule has 0 saturated carbocycles. The summed E-state index contributed by atoms with van der Waals surface area (Å²) in [5.41, 5.74) is 0.352. The van der Waals surface area contributed by atoms with Crippen LogP contribution in [0.5, 0.6) is 5.75 Å². The van der Waals surface area contributed by atoms with Gasteiger partial charge in [0.25, 0.3) is 0 Å². The first-order valence-corrected chi connectivity index (χ1v) is 4.40. The third-order valence-electron chi connectivity index (χ3n) is 2.07. The minimum atomic E-state index is -1.10. The lowest BCUT2D eigenvalue weighted by Gasteiger charge is -2.20. The highest BCUT2D eigenvalue weighted by atomic mass is 27.0. The molecule has 0 amide bonds. The average molecular weight is 224 g/mol. The Morgan fingerprint density at radius 3 is 2.20 bits per heavy atom. The van der Waals surface area contributed by atoms with E-state index in [1.165, 1.54) is 6.07 Å². The number of benzene rings is 1. The quantitative estimate of drug-likeness (QED) is 0.705. The van der Waals surface area contributed by atoms with Crippen LogP contribution >= 0.6 is 0 Å². The fourth-order valence-corrected chi connectivity index (χ4v) is 1.32. The summed E-state index contributed by atoms with van der Waals surface area (Å²) in [5, 5.41) is 18.5.